The molecule has 2 atom stereocenters. The van der Waals surface area contributed by atoms with Crippen LogP contribution in [-0.4, -0.2) is 36.9 Å². The number of rotatable bonds is 4. The third-order valence-corrected chi connectivity index (χ3v) is 5.06. The van der Waals surface area contributed by atoms with Gasteiger partial charge in [-0.3, -0.25) is 0 Å². The van der Waals surface area contributed by atoms with Gasteiger partial charge in [0.05, 0.1) is 11.5 Å². The second kappa shape index (κ2) is 5.10. The predicted octanol–water partition coefficient (Wildman–Crippen LogP) is 0.562. The van der Waals surface area contributed by atoms with Gasteiger partial charge in [-0.1, -0.05) is 0 Å². The fourth-order valence-corrected chi connectivity index (χ4v) is 4.18. The average molecular weight is 255 g/mol. The van der Waals surface area contributed by atoms with Crippen LogP contribution in [0.15, 0.2) is 18.7 Å². The molecule has 1 aliphatic rings. The van der Waals surface area contributed by atoms with Crippen molar-refractivity contribution in [3.8, 4) is 0 Å². The molecular formula is C11H17N3O2S. The number of nitrogens with one attached hydrogen (secondary N) is 1. The molecule has 0 saturated carbocycles. The lowest BCUT2D eigenvalue weighted by Gasteiger charge is -2.18. The molecule has 6 heteroatoms. The molecule has 94 valence electrons. The Hall–Kier alpha value is -1.01. The van der Waals surface area contributed by atoms with Crippen LogP contribution in [0.5, 0.6) is 0 Å². The van der Waals surface area contributed by atoms with Gasteiger partial charge in [-0.25, -0.2) is 18.4 Å². The third kappa shape index (κ3) is 3.23. The van der Waals surface area contributed by atoms with E-state index in [1.165, 1.54) is 6.33 Å². The van der Waals surface area contributed by atoms with E-state index in [9.17, 15) is 8.42 Å². The van der Waals surface area contributed by atoms with Gasteiger partial charge < -0.3 is 5.32 Å². The van der Waals surface area contributed by atoms with Crippen molar-refractivity contribution in [2.45, 2.75) is 18.9 Å². The smallest absolute Gasteiger partial charge is 0.150 e. The van der Waals surface area contributed by atoms with Gasteiger partial charge in [-0.05, 0) is 25.8 Å². The lowest BCUT2D eigenvalue weighted by Crippen LogP contribution is -2.20. The van der Waals surface area contributed by atoms with Crippen molar-refractivity contribution in [1.82, 2.24) is 15.3 Å². The van der Waals surface area contributed by atoms with Gasteiger partial charge in [-0.2, -0.15) is 0 Å². The van der Waals surface area contributed by atoms with Crippen LogP contribution in [0.3, 0.4) is 0 Å². The Bertz CT molecular complexity index is 461. The minimum absolute atomic E-state index is 0.134. The molecule has 0 aromatic carbocycles. The Labute approximate surface area is 102 Å². The van der Waals surface area contributed by atoms with Gasteiger partial charge in [0.1, 0.15) is 6.33 Å². The summed E-state index contributed by atoms with van der Waals surface area (Å²) in [6, 6.07) is 0.134. The number of nitrogens with zero attached hydrogens (tertiary/aromatic N) is 2. The van der Waals surface area contributed by atoms with Crippen LogP contribution in [0.1, 0.15) is 24.4 Å². The van der Waals surface area contributed by atoms with Crippen molar-refractivity contribution in [3.05, 3.63) is 24.3 Å². The second-order valence-corrected chi connectivity index (χ2v) is 6.75. The average Bonchev–Trinajstić information content (AvgIpc) is 2.67. The maximum absolute atomic E-state index is 11.4. The Morgan fingerprint density at radius 2 is 2.18 bits per heavy atom. The summed E-state index contributed by atoms with van der Waals surface area (Å²) in [6.45, 7) is 0. The summed E-state index contributed by atoms with van der Waals surface area (Å²) in [7, 11) is -0.914. The molecule has 2 rings (SSSR count). The maximum atomic E-state index is 11.4. The van der Waals surface area contributed by atoms with Gasteiger partial charge >= 0.3 is 0 Å². The molecule has 1 aromatic heterocycles. The van der Waals surface area contributed by atoms with E-state index < -0.39 is 9.84 Å². The summed E-state index contributed by atoms with van der Waals surface area (Å²) in [6.07, 6.45) is 6.64. The van der Waals surface area contributed by atoms with Crippen LogP contribution < -0.4 is 5.32 Å². The van der Waals surface area contributed by atoms with Crippen molar-refractivity contribution in [2.75, 3.05) is 18.6 Å². The molecule has 1 saturated heterocycles. The zero-order valence-electron chi connectivity index (χ0n) is 9.83. The highest BCUT2D eigenvalue weighted by atomic mass is 32.2. The first-order valence-corrected chi connectivity index (χ1v) is 7.55. The molecule has 2 unspecified atom stereocenters. The molecule has 5 nitrogen and oxygen atoms in total. The Kier molecular flexibility index (Phi) is 3.73. The largest absolute Gasteiger partial charge is 0.313 e. The summed E-state index contributed by atoms with van der Waals surface area (Å²) in [5, 5.41) is 3.20. The third-order valence-electron chi connectivity index (χ3n) is 3.23. The van der Waals surface area contributed by atoms with Gasteiger partial charge in [0, 0.05) is 24.0 Å². The normalized spacial score (nSPS) is 24.6. The zero-order chi connectivity index (χ0) is 12.3. The molecule has 0 amide bonds. The standard InChI is InChI=1S/C11H17N3O2S/c1-12-11(10-5-13-8-14-6-10)4-9-2-3-17(15,16)7-9/h5-6,8-9,11-12H,2-4,7H2,1H3. The maximum Gasteiger partial charge on any atom is 0.150 e. The van der Waals surface area contributed by atoms with E-state index in [0.717, 1.165) is 18.4 Å². The van der Waals surface area contributed by atoms with Crippen LogP contribution in [-0.2, 0) is 9.84 Å². The molecule has 0 spiro atoms. The number of hydrogen-bond acceptors (Lipinski definition) is 5. The van der Waals surface area contributed by atoms with E-state index in [2.05, 4.69) is 15.3 Å². The van der Waals surface area contributed by atoms with Gasteiger partial charge in [0.15, 0.2) is 9.84 Å². The summed E-state index contributed by atoms with van der Waals surface area (Å²) in [5.41, 5.74) is 1.01. The van der Waals surface area contributed by atoms with Crippen LogP contribution in [0.2, 0.25) is 0 Å². The summed E-state index contributed by atoms with van der Waals surface area (Å²) < 4.78 is 22.8. The molecule has 0 aliphatic carbocycles. The van der Waals surface area contributed by atoms with Crippen molar-refractivity contribution in [3.63, 3.8) is 0 Å². The summed E-state index contributed by atoms with van der Waals surface area (Å²) in [4.78, 5) is 7.97. The fraction of sp³-hybridized carbons (Fsp3) is 0.636. The molecule has 2 heterocycles. The monoisotopic (exact) mass is 255 g/mol. The molecular weight excluding hydrogens is 238 g/mol. The lowest BCUT2D eigenvalue weighted by atomic mass is 9.96. The topological polar surface area (TPSA) is 72.0 Å². The van der Waals surface area contributed by atoms with E-state index in [0.29, 0.717) is 11.5 Å². The van der Waals surface area contributed by atoms with Gasteiger partial charge in [-0.15, -0.1) is 0 Å². The first kappa shape index (κ1) is 12.4. The molecule has 0 radical (unpaired) electrons. The summed E-state index contributed by atoms with van der Waals surface area (Å²) in [5.74, 6) is 0.899. The van der Waals surface area contributed by atoms with E-state index >= 15 is 0 Å². The van der Waals surface area contributed by atoms with Crippen LogP contribution in [0.4, 0.5) is 0 Å². The van der Waals surface area contributed by atoms with Gasteiger partial charge in [0.2, 0.25) is 0 Å². The van der Waals surface area contributed by atoms with E-state index in [-0.39, 0.29) is 12.0 Å². The Morgan fingerprint density at radius 3 is 2.71 bits per heavy atom. The van der Waals surface area contributed by atoms with E-state index in [1.54, 1.807) is 12.4 Å². The van der Waals surface area contributed by atoms with Crippen molar-refractivity contribution in [1.29, 1.82) is 0 Å². The highest BCUT2D eigenvalue weighted by Gasteiger charge is 2.29. The van der Waals surface area contributed by atoms with Crippen LogP contribution in [0.25, 0.3) is 0 Å². The Balaban J connectivity index is 2.02. The molecule has 1 N–H and O–H groups in total. The van der Waals surface area contributed by atoms with E-state index in [4.69, 9.17) is 0 Å². The molecule has 0 bridgehead atoms. The SMILES string of the molecule is CNC(CC1CCS(=O)(=O)C1)c1cncnc1. The lowest BCUT2D eigenvalue weighted by molar-refractivity contribution is 0.435. The second-order valence-electron chi connectivity index (χ2n) is 4.52. The molecule has 1 fully saturated rings. The van der Waals surface area contributed by atoms with E-state index in [1.807, 2.05) is 7.05 Å². The van der Waals surface area contributed by atoms with Crippen molar-refractivity contribution >= 4 is 9.84 Å². The first-order valence-electron chi connectivity index (χ1n) is 5.73. The summed E-state index contributed by atoms with van der Waals surface area (Å²) >= 11 is 0. The van der Waals surface area contributed by atoms with Crippen molar-refractivity contribution in [2.24, 2.45) is 5.92 Å². The molecule has 1 aliphatic heterocycles. The first-order chi connectivity index (χ1) is 8.11. The number of aromatic nitrogens is 2. The molecule has 1 aromatic rings. The quantitative estimate of drug-likeness (QED) is 0.851. The van der Waals surface area contributed by atoms with Gasteiger partial charge in [0.25, 0.3) is 0 Å². The Morgan fingerprint density at radius 1 is 1.47 bits per heavy atom. The fourth-order valence-electron chi connectivity index (χ4n) is 2.30. The zero-order valence-corrected chi connectivity index (χ0v) is 10.7. The van der Waals surface area contributed by atoms with Crippen LogP contribution >= 0.6 is 0 Å². The number of hydrogen-bond donors (Lipinski definition) is 1. The highest BCUT2D eigenvalue weighted by molar-refractivity contribution is 7.91. The highest BCUT2D eigenvalue weighted by Crippen LogP contribution is 2.28. The predicted molar refractivity (Wildman–Crippen MR) is 65.2 cm³/mol. The minimum atomic E-state index is -2.79. The van der Waals surface area contributed by atoms with Crippen molar-refractivity contribution < 1.29 is 8.42 Å². The number of sulfone groups is 1. The molecule has 17 heavy (non-hydrogen) atoms. The van der Waals surface area contributed by atoms with Crippen LogP contribution in [0, 0.1) is 5.92 Å². The minimum Gasteiger partial charge on any atom is -0.313 e.